The fourth-order valence-corrected chi connectivity index (χ4v) is 2.25. The molecule has 0 N–H and O–H groups in total. The lowest BCUT2D eigenvalue weighted by atomic mass is 10.1. The standard InChI is InChI=1S/C18H19FN2O4/c1-3-13-4-6-14(7-5-13)11-20(2)18(22)12-25-17-10-15(19)8-9-16(17)21(23)24/h4-10H,3,11-12H2,1-2H3. The second-order valence-corrected chi connectivity index (χ2v) is 5.58. The van der Waals surface area contributed by atoms with Crippen molar-refractivity contribution in [1.82, 2.24) is 4.90 Å². The summed E-state index contributed by atoms with van der Waals surface area (Å²) >= 11 is 0. The zero-order valence-electron chi connectivity index (χ0n) is 14.1. The summed E-state index contributed by atoms with van der Waals surface area (Å²) in [7, 11) is 1.61. The second kappa shape index (κ2) is 8.23. The number of aryl methyl sites for hydroxylation is 1. The van der Waals surface area contributed by atoms with Gasteiger partial charge in [-0.1, -0.05) is 31.2 Å². The Morgan fingerprint density at radius 3 is 2.44 bits per heavy atom. The van der Waals surface area contributed by atoms with Crippen LogP contribution in [0, 0.1) is 15.9 Å². The number of rotatable bonds is 7. The Labute approximate surface area is 145 Å². The van der Waals surface area contributed by atoms with Gasteiger partial charge in [0.15, 0.2) is 6.61 Å². The Balaban J connectivity index is 1.97. The molecule has 0 unspecified atom stereocenters. The Bertz CT molecular complexity index is 762. The van der Waals surface area contributed by atoms with E-state index in [0.717, 1.165) is 30.2 Å². The number of hydrogen-bond donors (Lipinski definition) is 0. The topological polar surface area (TPSA) is 72.7 Å². The third-order valence-electron chi connectivity index (χ3n) is 3.75. The van der Waals surface area contributed by atoms with Crippen LogP contribution in [0.4, 0.5) is 10.1 Å². The predicted molar refractivity (Wildman–Crippen MR) is 90.8 cm³/mol. The molecule has 25 heavy (non-hydrogen) atoms. The van der Waals surface area contributed by atoms with Crippen LogP contribution in [0.15, 0.2) is 42.5 Å². The van der Waals surface area contributed by atoms with Gasteiger partial charge in [0.2, 0.25) is 5.75 Å². The van der Waals surface area contributed by atoms with Gasteiger partial charge in [0.25, 0.3) is 5.91 Å². The Kier molecular flexibility index (Phi) is 6.05. The van der Waals surface area contributed by atoms with Crippen molar-refractivity contribution in [3.8, 4) is 5.75 Å². The third kappa shape index (κ3) is 5.00. The summed E-state index contributed by atoms with van der Waals surface area (Å²) in [5.41, 5.74) is 1.79. The first-order valence-electron chi connectivity index (χ1n) is 7.79. The number of carbonyl (C=O) groups is 1. The minimum atomic E-state index is -0.682. The van der Waals surface area contributed by atoms with Crippen LogP contribution in [0.25, 0.3) is 0 Å². The fourth-order valence-electron chi connectivity index (χ4n) is 2.25. The van der Waals surface area contributed by atoms with Gasteiger partial charge in [0, 0.05) is 25.7 Å². The summed E-state index contributed by atoms with van der Waals surface area (Å²) in [6.45, 7) is 2.04. The molecule has 0 aliphatic rings. The molecular weight excluding hydrogens is 327 g/mol. The van der Waals surface area contributed by atoms with Gasteiger partial charge in [0.1, 0.15) is 5.82 Å². The average molecular weight is 346 g/mol. The van der Waals surface area contributed by atoms with E-state index < -0.39 is 17.3 Å². The lowest BCUT2D eigenvalue weighted by Crippen LogP contribution is -2.31. The van der Waals surface area contributed by atoms with Gasteiger partial charge in [-0.15, -0.1) is 0 Å². The average Bonchev–Trinajstić information content (AvgIpc) is 2.60. The smallest absolute Gasteiger partial charge is 0.311 e. The molecule has 0 saturated heterocycles. The lowest BCUT2D eigenvalue weighted by molar-refractivity contribution is -0.385. The number of likely N-dealkylation sites (N-methyl/N-ethyl adjacent to an activating group) is 1. The van der Waals surface area contributed by atoms with Crippen LogP contribution >= 0.6 is 0 Å². The van der Waals surface area contributed by atoms with Crippen molar-refractivity contribution in [2.45, 2.75) is 19.9 Å². The molecule has 0 saturated carbocycles. The number of nitrogens with zero attached hydrogens (tertiary/aromatic N) is 2. The number of hydrogen-bond acceptors (Lipinski definition) is 4. The summed E-state index contributed by atoms with van der Waals surface area (Å²) in [6, 6.07) is 10.8. The van der Waals surface area contributed by atoms with Crippen LogP contribution in [-0.4, -0.2) is 29.4 Å². The lowest BCUT2D eigenvalue weighted by Gasteiger charge is -2.17. The van der Waals surface area contributed by atoms with Crippen molar-refractivity contribution < 1.29 is 18.8 Å². The van der Waals surface area contributed by atoms with Gasteiger partial charge in [-0.25, -0.2) is 4.39 Å². The van der Waals surface area contributed by atoms with E-state index in [9.17, 15) is 19.3 Å². The highest BCUT2D eigenvalue weighted by Gasteiger charge is 2.18. The largest absolute Gasteiger partial charge is 0.477 e. The molecule has 6 nitrogen and oxygen atoms in total. The van der Waals surface area contributed by atoms with Gasteiger partial charge in [0.05, 0.1) is 4.92 Å². The number of carbonyl (C=O) groups excluding carboxylic acids is 1. The van der Waals surface area contributed by atoms with E-state index in [1.54, 1.807) is 7.05 Å². The summed E-state index contributed by atoms with van der Waals surface area (Å²) in [5.74, 6) is -1.30. The molecule has 0 aliphatic heterocycles. The zero-order chi connectivity index (χ0) is 18.4. The number of ether oxygens (including phenoxy) is 1. The number of benzene rings is 2. The molecule has 0 atom stereocenters. The fraction of sp³-hybridized carbons (Fsp3) is 0.278. The zero-order valence-corrected chi connectivity index (χ0v) is 14.1. The van der Waals surface area contributed by atoms with Crippen molar-refractivity contribution in [2.24, 2.45) is 0 Å². The molecule has 0 bridgehead atoms. The minimum Gasteiger partial charge on any atom is -0.477 e. The molecule has 0 aromatic heterocycles. The van der Waals surface area contributed by atoms with E-state index in [4.69, 9.17) is 4.74 Å². The van der Waals surface area contributed by atoms with Crippen LogP contribution < -0.4 is 4.74 Å². The van der Waals surface area contributed by atoms with Gasteiger partial charge in [-0.05, 0) is 23.6 Å². The molecule has 2 aromatic carbocycles. The predicted octanol–water partition coefficient (Wildman–Crippen LogP) is 3.33. The molecule has 0 heterocycles. The summed E-state index contributed by atoms with van der Waals surface area (Å²) in [5, 5.41) is 10.9. The second-order valence-electron chi connectivity index (χ2n) is 5.58. The van der Waals surface area contributed by atoms with E-state index in [2.05, 4.69) is 6.92 Å². The van der Waals surface area contributed by atoms with Crippen LogP contribution in [0.2, 0.25) is 0 Å². The number of amides is 1. The molecule has 1 amide bonds. The quantitative estimate of drug-likeness (QED) is 0.569. The highest BCUT2D eigenvalue weighted by atomic mass is 19.1. The van der Waals surface area contributed by atoms with Gasteiger partial charge in [-0.3, -0.25) is 14.9 Å². The highest BCUT2D eigenvalue weighted by molar-refractivity contribution is 5.77. The van der Waals surface area contributed by atoms with Crippen molar-refractivity contribution in [1.29, 1.82) is 0 Å². The molecule has 132 valence electrons. The molecule has 0 spiro atoms. The van der Waals surface area contributed by atoms with E-state index in [1.807, 2.05) is 24.3 Å². The SMILES string of the molecule is CCc1ccc(CN(C)C(=O)COc2cc(F)ccc2[N+](=O)[O-])cc1. The summed E-state index contributed by atoms with van der Waals surface area (Å²) in [4.78, 5) is 23.8. The highest BCUT2D eigenvalue weighted by Crippen LogP contribution is 2.27. The first-order chi connectivity index (χ1) is 11.9. The molecule has 2 rings (SSSR count). The van der Waals surface area contributed by atoms with Crippen molar-refractivity contribution in [2.75, 3.05) is 13.7 Å². The van der Waals surface area contributed by atoms with E-state index in [0.29, 0.717) is 6.54 Å². The van der Waals surface area contributed by atoms with Crippen molar-refractivity contribution in [3.05, 3.63) is 69.5 Å². The normalized spacial score (nSPS) is 10.4. The number of nitro benzene ring substituents is 1. The maximum Gasteiger partial charge on any atom is 0.311 e. The van der Waals surface area contributed by atoms with Gasteiger partial charge < -0.3 is 9.64 Å². The first-order valence-corrected chi connectivity index (χ1v) is 7.79. The first kappa shape index (κ1) is 18.4. The molecular formula is C18H19FN2O4. The summed E-state index contributed by atoms with van der Waals surface area (Å²) in [6.07, 6.45) is 0.940. The van der Waals surface area contributed by atoms with Gasteiger partial charge >= 0.3 is 5.69 Å². The summed E-state index contributed by atoms with van der Waals surface area (Å²) < 4.78 is 18.4. The molecule has 7 heteroatoms. The van der Waals surface area contributed by atoms with E-state index in [-0.39, 0.29) is 17.3 Å². The van der Waals surface area contributed by atoms with Crippen LogP contribution in [0.1, 0.15) is 18.1 Å². The van der Waals surface area contributed by atoms with Crippen LogP contribution in [0.5, 0.6) is 5.75 Å². The Hall–Kier alpha value is -2.96. The molecule has 0 radical (unpaired) electrons. The van der Waals surface area contributed by atoms with Crippen LogP contribution in [-0.2, 0) is 17.8 Å². The third-order valence-corrected chi connectivity index (χ3v) is 3.75. The number of nitro groups is 1. The Morgan fingerprint density at radius 1 is 1.20 bits per heavy atom. The Morgan fingerprint density at radius 2 is 1.84 bits per heavy atom. The minimum absolute atomic E-state index is 0.265. The molecule has 0 fully saturated rings. The maximum absolute atomic E-state index is 13.2. The van der Waals surface area contributed by atoms with Crippen molar-refractivity contribution in [3.63, 3.8) is 0 Å². The monoisotopic (exact) mass is 346 g/mol. The number of halogens is 1. The maximum atomic E-state index is 13.2. The van der Waals surface area contributed by atoms with Crippen molar-refractivity contribution >= 4 is 11.6 Å². The molecule has 0 aliphatic carbocycles. The van der Waals surface area contributed by atoms with E-state index >= 15 is 0 Å². The van der Waals surface area contributed by atoms with E-state index in [1.165, 1.54) is 10.5 Å². The van der Waals surface area contributed by atoms with Crippen LogP contribution in [0.3, 0.4) is 0 Å². The molecule has 2 aromatic rings. The van der Waals surface area contributed by atoms with Gasteiger partial charge in [-0.2, -0.15) is 0 Å².